The molecule has 2 fully saturated rings. The lowest BCUT2D eigenvalue weighted by Crippen LogP contribution is -2.55. The molecule has 134 valence electrons. The van der Waals surface area contributed by atoms with Crippen LogP contribution < -0.4 is 5.32 Å². The Hall–Kier alpha value is -1.60. The minimum absolute atomic E-state index is 0.0351. The van der Waals surface area contributed by atoms with Crippen LogP contribution in [0.15, 0.2) is 12.4 Å². The van der Waals surface area contributed by atoms with Crippen molar-refractivity contribution >= 4 is 6.03 Å². The van der Waals surface area contributed by atoms with E-state index in [-0.39, 0.29) is 30.4 Å². The largest absolute Gasteiger partial charge is 0.372 e. The lowest BCUT2D eigenvalue weighted by atomic mass is 10.0. The van der Waals surface area contributed by atoms with Crippen LogP contribution in [0.2, 0.25) is 0 Å². The van der Waals surface area contributed by atoms with E-state index in [0.29, 0.717) is 19.7 Å². The number of rotatable bonds is 3. The van der Waals surface area contributed by atoms with Crippen LogP contribution in [0.25, 0.3) is 0 Å². The van der Waals surface area contributed by atoms with E-state index in [1.165, 1.54) is 0 Å². The number of amides is 2. The fraction of sp³-hybridized carbons (Fsp3) is 0.765. The number of imidazole rings is 1. The SMILES string of the molecule is CCn1ccnc1[C@@H]1OCCC[C@H]1NC(=O)N1C[C@@H](C)O[C@@H](C)C1. The summed E-state index contributed by atoms with van der Waals surface area (Å²) in [4.78, 5) is 19.0. The molecule has 4 atom stereocenters. The molecule has 1 N–H and O–H groups in total. The molecule has 7 nitrogen and oxygen atoms in total. The zero-order valence-electron chi connectivity index (χ0n) is 14.8. The maximum Gasteiger partial charge on any atom is 0.317 e. The molecule has 0 saturated carbocycles. The number of nitrogens with zero attached hydrogens (tertiary/aromatic N) is 3. The minimum Gasteiger partial charge on any atom is -0.372 e. The van der Waals surface area contributed by atoms with Crippen LogP contribution in [0, 0.1) is 0 Å². The summed E-state index contributed by atoms with van der Waals surface area (Å²) in [6, 6.07) is -0.0838. The Bertz CT molecular complexity index is 552. The monoisotopic (exact) mass is 336 g/mol. The van der Waals surface area contributed by atoms with Crippen molar-refractivity contribution in [2.24, 2.45) is 0 Å². The molecule has 2 aliphatic heterocycles. The molecule has 24 heavy (non-hydrogen) atoms. The highest BCUT2D eigenvalue weighted by molar-refractivity contribution is 5.74. The third kappa shape index (κ3) is 3.72. The van der Waals surface area contributed by atoms with Gasteiger partial charge in [-0.2, -0.15) is 0 Å². The highest BCUT2D eigenvalue weighted by atomic mass is 16.5. The number of morpholine rings is 1. The fourth-order valence-corrected chi connectivity index (χ4v) is 3.62. The van der Waals surface area contributed by atoms with Crippen molar-refractivity contribution in [2.45, 2.75) is 64.5 Å². The molecule has 1 aromatic heterocycles. The lowest BCUT2D eigenvalue weighted by molar-refractivity contribution is -0.0571. The molecule has 0 aromatic carbocycles. The molecule has 0 unspecified atom stereocenters. The average Bonchev–Trinajstić information content (AvgIpc) is 3.03. The highest BCUT2D eigenvalue weighted by Gasteiger charge is 2.34. The molecule has 1 aromatic rings. The second-order valence-electron chi connectivity index (χ2n) is 6.72. The van der Waals surface area contributed by atoms with Crippen LogP contribution in [0.3, 0.4) is 0 Å². The first-order valence-corrected chi connectivity index (χ1v) is 8.92. The van der Waals surface area contributed by atoms with E-state index in [2.05, 4.69) is 21.8 Å². The van der Waals surface area contributed by atoms with Crippen LogP contribution in [-0.4, -0.2) is 58.4 Å². The van der Waals surface area contributed by atoms with E-state index in [1.807, 2.05) is 24.9 Å². The molecule has 3 rings (SSSR count). The first kappa shape index (κ1) is 17.2. The summed E-state index contributed by atoms with van der Waals surface area (Å²) >= 11 is 0. The molecule has 2 amide bonds. The molecule has 3 heterocycles. The standard InChI is InChI=1S/C17H28N4O3/c1-4-20-8-7-18-16(20)15-14(6-5-9-23-15)19-17(22)21-10-12(2)24-13(3)11-21/h7-8,12-15H,4-6,9-11H2,1-3H3,(H,19,22)/t12-,13+,14-,15-/m1/s1. The molecule has 7 heteroatoms. The van der Waals surface area contributed by atoms with Gasteiger partial charge in [-0.1, -0.05) is 0 Å². The average molecular weight is 336 g/mol. The second-order valence-corrected chi connectivity index (χ2v) is 6.72. The zero-order chi connectivity index (χ0) is 17.1. The fourth-order valence-electron chi connectivity index (χ4n) is 3.62. The predicted octanol–water partition coefficient (Wildman–Crippen LogP) is 1.94. The second kappa shape index (κ2) is 7.53. The third-order valence-corrected chi connectivity index (χ3v) is 4.68. The van der Waals surface area contributed by atoms with Crippen LogP contribution in [0.5, 0.6) is 0 Å². The number of aryl methyl sites for hydroxylation is 1. The highest BCUT2D eigenvalue weighted by Crippen LogP contribution is 2.28. The van der Waals surface area contributed by atoms with Crippen LogP contribution in [-0.2, 0) is 16.0 Å². The van der Waals surface area contributed by atoms with Gasteiger partial charge in [-0.05, 0) is 33.6 Å². The maximum absolute atomic E-state index is 12.7. The molecule has 2 aliphatic rings. The molecule has 0 spiro atoms. The van der Waals surface area contributed by atoms with Crippen LogP contribution >= 0.6 is 0 Å². The number of hydrogen-bond acceptors (Lipinski definition) is 4. The lowest BCUT2D eigenvalue weighted by Gasteiger charge is -2.38. The van der Waals surface area contributed by atoms with Gasteiger partial charge in [0.15, 0.2) is 0 Å². The number of urea groups is 1. The summed E-state index contributed by atoms with van der Waals surface area (Å²) in [6.07, 6.45) is 5.55. The smallest absolute Gasteiger partial charge is 0.317 e. The minimum atomic E-state index is -0.187. The number of nitrogens with one attached hydrogen (secondary N) is 1. The van der Waals surface area contributed by atoms with Crippen LogP contribution in [0.1, 0.15) is 45.5 Å². The van der Waals surface area contributed by atoms with Gasteiger partial charge in [0, 0.05) is 38.6 Å². The van der Waals surface area contributed by atoms with Gasteiger partial charge < -0.3 is 24.3 Å². The Balaban J connectivity index is 1.68. The summed E-state index contributed by atoms with van der Waals surface area (Å²) < 4.78 is 13.8. The van der Waals surface area contributed by atoms with Gasteiger partial charge in [0.05, 0.1) is 18.2 Å². The van der Waals surface area contributed by atoms with E-state index in [4.69, 9.17) is 9.47 Å². The third-order valence-electron chi connectivity index (χ3n) is 4.68. The summed E-state index contributed by atoms with van der Waals surface area (Å²) in [5.41, 5.74) is 0. The number of hydrogen-bond donors (Lipinski definition) is 1. The molecule has 2 saturated heterocycles. The van der Waals surface area contributed by atoms with Crippen LogP contribution in [0.4, 0.5) is 4.79 Å². The van der Waals surface area contributed by atoms with Gasteiger partial charge in [0.25, 0.3) is 0 Å². The first-order valence-electron chi connectivity index (χ1n) is 8.92. The van der Waals surface area contributed by atoms with Crippen molar-refractivity contribution in [1.82, 2.24) is 19.8 Å². The zero-order valence-corrected chi connectivity index (χ0v) is 14.8. The Labute approximate surface area is 143 Å². The van der Waals surface area contributed by atoms with Gasteiger partial charge in [-0.3, -0.25) is 0 Å². The van der Waals surface area contributed by atoms with Gasteiger partial charge in [0.1, 0.15) is 11.9 Å². The number of aromatic nitrogens is 2. The molecular weight excluding hydrogens is 308 g/mol. The van der Waals surface area contributed by atoms with E-state index >= 15 is 0 Å². The summed E-state index contributed by atoms with van der Waals surface area (Å²) in [6.45, 7) is 8.88. The van der Waals surface area contributed by atoms with Gasteiger partial charge >= 0.3 is 6.03 Å². The quantitative estimate of drug-likeness (QED) is 0.916. The topological polar surface area (TPSA) is 68.6 Å². The number of carbonyl (C=O) groups is 1. The van der Waals surface area contributed by atoms with Gasteiger partial charge in [-0.25, -0.2) is 9.78 Å². The Kier molecular flexibility index (Phi) is 5.40. The number of carbonyl (C=O) groups excluding carboxylic acids is 1. The van der Waals surface area contributed by atoms with E-state index in [9.17, 15) is 4.79 Å². The normalized spacial score (nSPS) is 31.0. The first-order chi connectivity index (χ1) is 11.6. The Morgan fingerprint density at radius 1 is 1.38 bits per heavy atom. The summed E-state index contributed by atoms with van der Waals surface area (Å²) in [5, 5.41) is 3.17. The van der Waals surface area contributed by atoms with Gasteiger partial charge in [0.2, 0.25) is 0 Å². The van der Waals surface area contributed by atoms with Crippen molar-refractivity contribution in [3.8, 4) is 0 Å². The van der Waals surface area contributed by atoms with Gasteiger partial charge in [-0.15, -0.1) is 0 Å². The Morgan fingerprint density at radius 3 is 2.83 bits per heavy atom. The molecule has 0 radical (unpaired) electrons. The van der Waals surface area contributed by atoms with Crippen molar-refractivity contribution in [3.05, 3.63) is 18.2 Å². The van der Waals surface area contributed by atoms with E-state index < -0.39 is 0 Å². The summed E-state index contributed by atoms with van der Waals surface area (Å²) in [5.74, 6) is 0.895. The summed E-state index contributed by atoms with van der Waals surface area (Å²) in [7, 11) is 0. The predicted molar refractivity (Wildman–Crippen MR) is 89.7 cm³/mol. The van der Waals surface area contributed by atoms with E-state index in [0.717, 1.165) is 25.2 Å². The van der Waals surface area contributed by atoms with E-state index in [1.54, 1.807) is 6.20 Å². The number of ether oxygens (including phenoxy) is 2. The molecule has 0 aliphatic carbocycles. The van der Waals surface area contributed by atoms with Crippen molar-refractivity contribution in [1.29, 1.82) is 0 Å². The van der Waals surface area contributed by atoms with Crippen molar-refractivity contribution < 1.29 is 14.3 Å². The molecular formula is C17H28N4O3. The maximum atomic E-state index is 12.7. The molecule has 0 bridgehead atoms. The Morgan fingerprint density at radius 2 is 2.12 bits per heavy atom. The van der Waals surface area contributed by atoms with Crippen molar-refractivity contribution in [2.75, 3.05) is 19.7 Å². The van der Waals surface area contributed by atoms with Crippen molar-refractivity contribution in [3.63, 3.8) is 0 Å².